The summed E-state index contributed by atoms with van der Waals surface area (Å²) in [5.74, 6) is -1.24. The molecule has 0 saturated carbocycles. The molecule has 1 amide bonds. The Kier molecular flexibility index (Phi) is 5.52. The lowest BCUT2D eigenvalue weighted by atomic mass is 9.99. The predicted octanol–water partition coefficient (Wildman–Crippen LogP) is 3.03. The minimum atomic E-state index is -1.13. The number of aliphatic hydroxyl groups is 1. The molecule has 1 heterocycles. The van der Waals surface area contributed by atoms with Crippen LogP contribution in [0.3, 0.4) is 0 Å². The number of carbonyl (C=O) groups excluding carboxylic acids is 1. The number of carbonyl (C=O) groups is 2. The summed E-state index contributed by atoms with van der Waals surface area (Å²) in [5.41, 5.74) is 2.06. The lowest BCUT2D eigenvalue weighted by Crippen LogP contribution is -2.31. The number of rotatable bonds is 6. The van der Waals surface area contributed by atoms with Crippen molar-refractivity contribution < 1.29 is 19.8 Å². The summed E-state index contributed by atoms with van der Waals surface area (Å²) in [4.78, 5) is 23.4. The van der Waals surface area contributed by atoms with Crippen molar-refractivity contribution in [2.24, 2.45) is 0 Å². The zero-order valence-electron chi connectivity index (χ0n) is 12.9. The van der Waals surface area contributed by atoms with Gasteiger partial charge in [0.05, 0.1) is 18.2 Å². The third kappa shape index (κ3) is 3.97. The first-order chi connectivity index (χ1) is 10.9. The second-order valence-electron chi connectivity index (χ2n) is 5.50. The average Bonchev–Trinajstić information content (AvgIpc) is 3.02. The van der Waals surface area contributed by atoms with Gasteiger partial charge in [-0.2, -0.15) is 0 Å². The summed E-state index contributed by atoms with van der Waals surface area (Å²) < 4.78 is 0. The number of amides is 1. The van der Waals surface area contributed by atoms with Gasteiger partial charge in [-0.1, -0.05) is 38.1 Å². The van der Waals surface area contributed by atoms with Crippen molar-refractivity contribution in [3.05, 3.63) is 57.3 Å². The second kappa shape index (κ2) is 7.39. The van der Waals surface area contributed by atoms with Crippen LogP contribution >= 0.6 is 11.3 Å². The number of carboxylic acid groups (broad SMARTS) is 1. The van der Waals surface area contributed by atoms with Crippen LogP contribution in [0.4, 0.5) is 0 Å². The fourth-order valence-electron chi connectivity index (χ4n) is 2.24. The van der Waals surface area contributed by atoms with Crippen LogP contribution < -0.4 is 5.32 Å². The molecule has 2 aromatic rings. The van der Waals surface area contributed by atoms with Gasteiger partial charge in [-0.25, -0.2) is 4.79 Å². The van der Waals surface area contributed by atoms with Gasteiger partial charge < -0.3 is 15.5 Å². The molecular formula is C17H19NO4S. The van der Waals surface area contributed by atoms with E-state index in [4.69, 9.17) is 5.11 Å². The highest BCUT2D eigenvalue weighted by Gasteiger charge is 2.21. The Morgan fingerprint density at radius 3 is 2.26 bits per heavy atom. The summed E-state index contributed by atoms with van der Waals surface area (Å²) in [7, 11) is 0. The van der Waals surface area contributed by atoms with Crippen molar-refractivity contribution in [1.82, 2.24) is 5.32 Å². The first-order valence-electron chi connectivity index (χ1n) is 7.26. The van der Waals surface area contributed by atoms with Gasteiger partial charge in [0.25, 0.3) is 5.91 Å². The van der Waals surface area contributed by atoms with E-state index in [1.54, 1.807) is 5.38 Å². The number of aromatic carboxylic acids is 1. The van der Waals surface area contributed by atoms with Crippen molar-refractivity contribution >= 4 is 23.2 Å². The normalized spacial score (nSPS) is 12.2. The van der Waals surface area contributed by atoms with Crippen molar-refractivity contribution in [3.8, 4) is 0 Å². The molecule has 0 radical (unpaired) electrons. The molecule has 0 aliphatic heterocycles. The largest absolute Gasteiger partial charge is 0.477 e. The van der Waals surface area contributed by atoms with Gasteiger partial charge in [-0.15, -0.1) is 11.3 Å². The number of thiophene rings is 1. The number of aliphatic hydroxyl groups excluding tert-OH is 1. The maximum absolute atomic E-state index is 12.3. The van der Waals surface area contributed by atoms with Crippen LogP contribution in [-0.4, -0.2) is 28.7 Å². The molecule has 1 aromatic carbocycles. The molecule has 5 nitrogen and oxygen atoms in total. The molecule has 0 spiro atoms. The summed E-state index contributed by atoms with van der Waals surface area (Å²) in [6.07, 6.45) is 0. The first kappa shape index (κ1) is 17.2. The molecule has 0 fully saturated rings. The molecule has 3 N–H and O–H groups in total. The van der Waals surface area contributed by atoms with Gasteiger partial charge in [0.15, 0.2) is 0 Å². The fraction of sp³-hybridized carbons (Fsp3) is 0.294. The molecule has 1 unspecified atom stereocenters. The van der Waals surface area contributed by atoms with Crippen LogP contribution in [0, 0.1) is 0 Å². The minimum Gasteiger partial charge on any atom is -0.477 e. The van der Waals surface area contributed by atoms with Crippen LogP contribution in [0.2, 0.25) is 0 Å². The SMILES string of the molecule is CC(C)c1ccc(C(CO)NC(=O)c2ccsc2C(=O)O)cc1. The predicted molar refractivity (Wildman–Crippen MR) is 89.1 cm³/mol. The zero-order valence-corrected chi connectivity index (χ0v) is 13.8. The molecule has 122 valence electrons. The molecule has 0 aliphatic rings. The Bertz CT molecular complexity index is 691. The smallest absolute Gasteiger partial charge is 0.346 e. The topological polar surface area (TPSA) is 86.6 Å². The van der Waals surface area contributed by atoms with Crippen LogP contribution in [0.5, 0.6) is 0 Å². The van der Waals surface area contributed by atoms with Gasteiger partial charge in [0.1, 0.15) is 4.88 Å². The zero-order chi connectivity index (χ0) is 17.0. The summed E-state index contributed by atoms with van der Waals surface area (Å²) in [6, 6.07) is 8.54. The molecule has 23 heavy (non-hydrogen) atoms. The van der Waals surface area contributed by atoms with Gasteiger partial charge in [0, 0.05) is 0 Å². The average molecular weight is 333 g/mol. The van der Waals surface area contributed by atoms with E-state index < -0.39 is 17.9 Å². The van der Waals surface area contributed by atoms with Crippen molar-refractivity contribution in [3.63, 3.8) is 0 Å². The second-order valence-corrected chi connectivity index (χ2v) is 6.41. The van der Waals surface area contributed by atoms with E-state index in [1.807, 2.05) is 24.3 Å². The van der Waals surface area contributed by atoms with E-state index in [1.165, 1.54) is 11.6 Å². The third-order valence-corrected chi connectivity index (χ3v) is 4.50. The highest BCUT2D eigenvalue weighted by atomic mass is 32.1. The molecule has 2 rings (SSSR count). The number of benzene rings is 1. The first-order valence-corrected chi connectivity index (χ1v) is 8.14. The Hall–Kier alpha value is -2.18. The number of carboxylic acids is 1. The van der Waals surface area contributed by atoms with E-state index in [-0.39, 0.29) is 17.0 Å². The lowest BCUT2D eigenvalue weighted by molar-refractivity contribution is 0.0696. The van der Waals surface area contributed by atoms with E-state index in [9.17, 15) is 14.7 Å². The van der Waals surface area contributed by atoms with Crippen molar-refractivity contribution in [2.75, 3.05) is 6.61 Å². The van der Waals surface area contributed by atoms with E-state index in [0.717, 1.165) is 16.9 Å². The van der Waals surface area contributed by atoms with Crippen molar-refractivity contribution in [1.29, 1.82) is 0 Å². The highest BCUT2D eigenvalue weighted by Crippen LogP contribution is 2.21. The molecule has 0 bridgehead atoms. The maximum atomic E-state index is 12.3. The summed E-state index contributed by atoms with van der Waals surface area (Å²) in [6.45, 7) is 3.91. The Morgan fingerprint density at radius 1 is 1.13 bits per heavy atom. The van der Waals surface area contributed by atoms with E-state index >= 15 is 0 Å². The molecule has 0 saturated heterocycles. The van der Waals surface area contributed by atoms with Gasteiger partial charge >= 0.3 is 5.97 Å². The third-order valence-electron chi connectivity index (χ3n) is 3.60. The number of nitrogens with one attached hydrogen (secondary N) is 1. The number of hydrogen-bond acceptors (Lipinski definition) is 4. The van der Waals surface area contributed by atoms with Crippen molar-refractivity contribution in [2.45, 2.75) is 25.8 Å². The van der Waals surface area contributed by atoms with Gasteiger partial charge in [-0.05, 0) is 28.5 Å². The summed E-state index contributed by atoms with van der Waals surface area (Å²) >= 11 is 0.999. The Labute approximate surface area is 138 Å². The molecular weight excluding hydrogens is 314 g/mol. The minimum absolute atomic E-state index is 0.00524. The van der Waals surface area contributed by atoms with E-state index in [0.29, 0.717) is 5.92 Å². The van der Waals surface area contributed by atoms with Gasteiger partial charge in [-0.3, -0.25) is 4.79 Å². The highest BCUT2D eigenvalue weighted by molar-refractivity contribution is 7.12. The number of hydrogen-bond donors (Lipinski definition) is 3. The molecule has 1 aromatic heterocycles. The lowest BCUT2D eigenvalue weighted by Gasteiger charge is -2.17. The van der Waals surface area contributed by atoms with Gasteiger partial charge in [0.2, 0.25) is 0 Å². The quantitative estimate of drug-likeness (QED) is 0.758. The Morgan fingerprint density at radius 2 is 1.74 bits per heavy atom. The monoisotopic (exact) mass is 333 g/mol. The van der Waals surface area contributed by atoms with Crippen LogP contribution in [0.1, 0.15) is 57.0 Å². The molecule has 6 heteroatoms. The molecule has 1 atom stereocenters. The maximum Gasteiger partial charge on any atom is 0.346 e. The fourth-order valence-corrected chi connectivity index (χ4v) is 2.97. The standard InChI is InChI=1S/C17H19NO4S/c1-10(2)11-3-5-12(6-4-11)14(9-19)18-16(20)13-7-8-23-15(13)17(21)22/h3-8,10,14,19H,9H2,1-2H3,(H,18,20)(H,21,22). The molecule has 0 aliphatic carbocycles. The van der Waals surface area contributed by atoms with E-state index in [2.05, 4.69) is 19.2 Å². The van der Waals surface area contributed by atoms with Crippen LogP contribution in [-0.2, 0) is 0 Å². The van der Waals surface area contributed by atoms with Crippen LogP contribution in [0.15, 0.2) is 35.7 Å². The Balaban J connectivity index is 2.17. The van der Waals surface area contributed by atoms with Crippen LogP contribution in [0.25, 0.3) is 0 Å². The summed E-state index contributed by atoms with van der Waals surface area (Å²) in [5, 5.41) is 22.9.